The Bertz CT molecular complexity index is 772. The zero-order valence-electron chi connectivity index (χ0n) is 10.6. The van der Waals surface area contributed by atoms with E-state index in [4.69, 9.17) is 0 Å². The summed E-state index contributed by atoms with van der Waals surface area (Å²) < 4.78 is 4.24. The van der Waals surface area contributed by atoms with Crippen molar-refractivity contribution in [3.8, 4) is 0 Å². The highest BCUT2D eigenvalue weighted by Gasteiger charge is 2.15. The van der Waals surface area contributed by atoms with E-state index in [9.17, 15) is 0 Å². The lowest BCUT2D eigenvalue weighted by atomic mass is 10.2. The van der Waals surface area contributed by atoms with Gasteiger partial charge in [0.05, 0.1) is 22.4 Å². The van der Waals surface area contributed by atoms with Gasteiger partial charge in [-0.15, -0.1) is 0 Å². The van der Waals surface area contributed by atoms with Crippen LogP contribution < -0.4 is 0 Å². The Kier molecular flexibility index (Phi) is 2.33. The molecule has 0 unspecified atom stereocenters. The Morgan fingerprint density at radius 1 is 1.22 bits per heavy atom. The normalized spacial score (nSPS) is 11.9. The zero-order chi connectivity index (χ0) is 12.7. The first-order chi connectivity index (χ1) is 8.77. The van der Waals surface area contributed by atoms with E-state index >= 15 is 0 Å². The summed E-state index contributed by atoms with van der Waals surface area (Å²) in [6, 6.07) is 8.16. The zero-order valence-corrected chi connectivity index (χ0v) is 10.6. The van der Waals surface area contributed by atoms with Crippen molar-refractivity contribution in [2.75, 3.05) is 0 Å². The number of imidazole rings is 2. The van der Waals surface area contributed by atoms with E-state index in [0.717, 1.165) is 28.2 Å². The molecule has 0 N–H and O–H groups in total. The highest BCUT2D eigenvalue weighted by atomic mass is 15.2. The van der Waals surface area contributed by atoms with E-state index in [1.54, 1.807) is 0 Å². The number of allylic oxidation sites excluding steroid dienone is 1. The van der Waals surface area contributed by atoms with Crippen LogP contribution >= 0.6 is 0 Å². The highest BCUT2D eigenvalue weighted by molar-refractivity contribution is 5.83. The molecule has 0 aliphatic rings. The molecular formula is C15H15N3. The fraction of sp³-hybridized carbons (Fsp3) is 0.133. The number of hydrogen-bond donors (Lipinski definition) is 0. The second kappa shape index (κ2) is 3.88. The van der Waals surface area contributed by atoms with Crippen molar-refractivity contribution < 1.29 is 0 Å². The van der Waals surface area contributed by atoms with Gasteiger partial charge < -0.3 is 4.57 Å². The van der Waals surface area contributed by atoms with Gasteiger partial charge in [0, 0.05) is 7.05 Å². The first kappa shape index (κ1) is 10.8. The largest absolute Gasteiger partial charge is 0.313 e. The lowest BCUT2D eigenvalue weighted by Gasteiger charge is -1.98. The lowest BCUT2D eigenvalue weighted by molar-refractivity contribution is 0.928. The van der Waals surface area contributed by atoms with E-state index < -0.39 is 0 Å². The number of fused-ring (bicyclic) bond motifs is 3. The van der Waals surface area contributed by atoms with E-state index in [2.05, 4.69) is 32.7 Å². The molecule has 0 saturated heterocycles. The summed E-state index contributed by atoms with van der Waals surface area (Å²) in [5.74, 6) is 0.944. The second-order valence-corrected chi connectivity index (χ2v) is 4.27. The van der Waals surface area contributed by atoms with Crippen molar-refractivity contribution in [1.82, 2.24) is 14.0 Å². The third-order valence-electron chi connectivity index (χ3n) is 3.23. The first-order valence-electron chi connectivity index (χ1n) is 5.99. The van der Waals surface area contributed by atoms with Crippen LogP contribution in [0.5, 0.6) is 0 Å². The van der Waals surface area contributed by atoms with Gasteiger partial charge in [0.15, 0.2) is 0 Å². The standard InChI is InChI=1S/C15H15N3/c1-4-8-14-12(5-2)18-13-10-7-6-9-11(13)16-15(18)17(14)3/h4-10H,2H2,1,3H3/b8-4-. The van der Waals surface area contributed by atoms with Gasteiger partial charge in [-0.1, -0.05) is 24.8 Å². The summed E-state index contributed by atoms with van der Waals surface area (Å²) in [6.45, 7) is 5.94. The molecule has 0 spiro atoms. The van der Waals surface area contributed by atoms with Crippen LogP contribution in [0.25, 0.3) is 29.0 Å². The molecule has 2 heterocycles. The molecule has 0 bridgehead atoms. The lowest BCUT2D eigenvalue weighted by Crippen LogP contribution is -1.92. The van der Waals surface area contributed by atoms with Crippen molar-refractivity contribution >= 4 is 29.0 Å². The molecule has 3 aromatic rings. The van der Waals surface area contributed by atoms with Gasteiger partial charge in [-0.2, -0.15) is 0 Å². The van der Waals surface area contributed by atoms with Crippen molar-refractivity contribution in [1.29, 1.82) is 0 Å². The molecule has 0 aliphatic heterocycles. The summed E-state index contributed by atoms with van der Waals surface area (Å²) >= 11 is 0. The maximum absolute atomic E-state index is 4.67. The number of aryl methyl sites for hydroxylation is 1. The molecule has 0 amide bonds. The number of benzene rings is 1. The molecule has 1 aromatic carbocycles. The van der Waals surface area contributed by atoms with Gasteiger partial charge >= 0.3 is 0 Å². The third-order valence-corrected chi connectivity index (χ3v) is 3.23. The molecule has 3 nitrogen and oxygen atoms in total. The number of rotatable bonds is 2. The Labute approximate surface area is 106 Å². The summed E-state index contributed by atoms with van der Waals surface area (Å²) in [7, 11) is 2.03. The smallest absolute Gasteiger partial charge is 0.215 e. The van der Waals surface area contributed by atoms with E-state index in [-0.39, 0.29) is 0 Å². The molecule has 0 saturated carbocycles. The minimum Gasteiger partial charge on any atom is -0.313 e. The number of nitrogens with zero attached hydrogens (tertiary/aromatic N) is 3. The van der Waals surface area contributed by atoms with E-state index in [1.165, 1.54) is 0 Å². The molecule has 3 heteroatoms. The monoisotopic (exact) mass is 237 g/mol. The average molecular weight is 237 g/mol. The average Bonchev–Trinajstić information content (AvgIpc) is 2.88. The maximum Gasteiger partial charge on any atom is 0.215 e. The topological polar surface area (TPSA) is 22.2 Å². The number of hydrogen-bond acceptors (Lipinski definition) is 1. The van der Waals surface area contributed by atoms with E-state index in [1.807, 2.05) is 44.3 Å². The number of aromatic nitrogens is 3. The van der Waals surface area contributed by atoms with Crippen LogP contribution in [0.15, 0.2) is 36.9 Å². The molecular weight excluding hydrogens is 222 g/mol. The second-order valence-electron chi connectivity index (χ2n) is 4.27. The molecule has 3 rings (SSSR count). The van der Waals surface area contributed by atoms with Crippen LogP contribution in [0, 0.1) is 0 Å². The molecule has 0 radical (unpaired) electrons. The van der Waals surface area contributed by atoms with Crippen LogP contribution in [-0.2, 0) is 7.05 Å². The molecule has 0 fully saturated rings. The predicted octanol–water partition coefficient (Wildman–Crippen LogP) is 3.50. The first-order valence-corrected chi connectivity index (χ1v) is 5.99. The van der Waals surface area contributed by atoms with Crippen LogP contribution in [0.4, 0.5) is 0 Å². The summed E-state index contributed by atoms with van der Waals surface area (Å²) in [5, 5.41) is 0. The Morgan fingerprint density at radius 2 is 2.00 bits per heavy atom. The van der Waals surface area contributed by atoms with Gasteiger partial charge in [-0.3, -0.25) is 4.40 Å². The van der Waals surface area contributed by atoms with Crippen molar-refractivity contribution in [2.45, 2.75) is 6.92 Å². The molecule has 0 atom stereocenters. The van der Waals surface area contributed by atoms with Crippen molar-refractivity contribution in [3.63, 3.8) is 0 Å². The maximum atomic E-state index is 4.67. The predicted molar refractivity (Wildman–Crippen MR) is 76.5 cm³/mol. The Morgan fingerprint density at radius 3 is 2.72 bits per heavy atom. The summed E-state index contributed by atoms with van der Waals surface area (Å²) in [6.07, 6.45) is 6.00. The molecule has 18 heavy (non-hydrogen) atoms. The quantitative estimate of drug-likeness (QED) is 0.668. The summed E-state index contributed by atoms with van der Waals surface area (Å²) in [5.41, 5.74) is 4.34. The molecule has 2 aromatic heterocycles. The van der Waals surface area contributed by atoms with Gasteiger partial charge in [0.25, 0.3) is 0 Å². The fourth-order valence-electron chi connectivity index (χ4n) is 2.42. The van der Waals surface area contributed by atoms with E-state index in [0.29, 0.717) is 0 Å². The van der Waals surface area contributed by atoms with Gasteiger partial charge in [-0.05, 0) is 31.2 Å². The van der Waals surface area contributed by atoms with Crippen LogP contribution in [0.1, 0.15) is 18.3 Å². The van der Waals surface area contributed by atoms with Gasteiger partial charge in [-0.25, -0.2) is 4.98 Å². The van der Waals surface area contributed by atoms with Crippen LogP contribution in [0.3, 0.4) is 0 Å². The van der Waals surface area contributed by atoms with Gasteiger partial charge in [0.2, 0.25) is 5.78 Å². The van der Waals surface area contributed by atoms with Crippen molar-refractivity contribution in [2.24, 2.45) is 7.05 Å². The Hall–Kier alpha value is -2.29. The van der Waals surface area contributed by atoms with Gasteiger partial charge in [0.1, 0.15) is 0 Å². The van der Waals surface area contributed by atoms with Crippen molar-refractivity contribution in [3.05, 3.63) is 48.3 Å². The molecule has 0 aliphatic carbocycles. The SMILES string of the molecule is C=Cc1c(/C=C\C)n(C)c2nc3ccccc3n12. The van der Waals surface area contributed by atoms with Crippen LogP contribution in [-0.4, -0.2) is 14.0 Å². The van der Waals surface area contributed by atoms with Crippen LogP contribution in [0.2, 0.25) is 0 Å². The third kappa shape index (κ3) is 1.27. The minimum atomic E-state index is 0.944. The highest BCUT2D eigenvalue weighted by Crippen LogP contribution is 2.24. The summed E-state index contributed by atoms with van der Waals surface area (Å²) in [4.78, 5) is 4.67. The minimum absolute atomic E-state index is 0.944. The Balaban J connectivity index is 2.55. The number of para-hydroxylation sites is 2. The fourth-order valence-corrected chi connectivity index (χ4v) is 2.42. The molecule has 90 valence electrons.